The standard InChI is InChI=1S/C18H17ClN2O3/c1-22-17-8-11-7-13(5-6-21-16(11)10-18(17)23-2)24-12-3-4-15(20)14(19)9-12/h3-6,8-10H,7,20H2,1-2H3. The second-order valence-corrected chi connectivity index (χ2v) is 5.62. The number of halogens is 1. The van der Waals surface area contributed by atoms with E-state index in [1.807, 2.05) is 18.2 Å². The van der Waals surface area contributed by atoms with Crippen LogP contribution in [0.5, 0.6) is 17.2 Å². The molecule has 24 heavy (non-hydrogen) atoms. The number of nitrogens with zero attached hydrogens (tertiary/aromatic N) is 1. The van der Waals surface area contributed by atoms with Gasteiger partial charge in [-0.3, -0.25) is 4.99 Å². The molecule has 0 amide bonds. The average Bonchev–Trinajstić information content (AvgIpc) is 2.77. The first-order valence-electron chi connectivity index (χ1n) is 7.31. The predicted molar refractivity (Wildman–Crippen MR) is 96.0 cm³/mol. The Kier molecular flexibility index (Phi) is 4.62. The van der Waals surface area contributed by atoms with E-state index in [-0.39, 0.29) is 0 Å². The van der Waals surface area contributed by atoms with Crippen molar-refractivity contribution in [1.29, 1.82) is 0 Å². The molecule has 0 fully saturated rings. The van der Waals surface area contributed by atoms with Crippen LogP contribution in [0.2, 0.25) is 5.02 Å². The quantitative estimate of drug-likeness (QED) is 0.846. The summed E-state index contributed by atoms with van der Waals surface area (Å²) in [7, 11) is 3.20. The minimum atomic E-state index is 0.460. The monoisotopic (exact) mass is 344 g/mol. The summed E-state index contributed by atoms with van der Waals surface area (Å²) in [5, 5.41) is 0.460. The van der Waals surface area contributed by atoms with Crippen molar-refractivity contribution in [3.63, 3.8) is 0 Å². The molecule has 0 saturated heterocycles. The zero-order valence-corrected chi connectivity index (χ0v) is 14.1. The highest BCUT2D eigenvalue weighted by Crippen LogP contribution is 2.37. The zero-order chi connectivity index (χ0) is 17.1. The Balaban J connectivity index is 1.87. The molecule has 0 aliphatic carbocycles. The number of hydrogen-bond acceptors (Lipinski definition) is 5. The number of aliphatic imine (C=N–C) groups is 1. The summed E-state index contributed by atoms with van der Waals surface area (Å²) < 4.78 is 16.6. The van der Waals surface area contributed by atoms with Gasteiger partial charge in [-0.05, 0) is 29.8 Å². The Bertz CT molecular complexity index is 831. The molecule has 0 unspecified atom stereocenters. The molecule has 0 spiro atoms. The molecule has 1 aliphatic rings. The fraction of sp³-hybridized carbons (Fsp3) is 0.167. The van der Waals surface area contributed by atoms with Crippen LogP contribution in [0.3, 0.4) is 0 Å². The summed E-state index contributed by atoms with van der Waals surface area (Å²) >= 11 is 6.04. The smallest absolute Gasteiger partial charge is 0.162 e. The van der Waals surface area contributed by atoms with E-state index in [9.17, 15) is 0 Å². The normalized spacial score (nSPS) is 12.9. The maximum Gasteiger partial charge on any atom is 0.162 e. The molecule has 2 aromatic rings. The molecule has 2 N–H and O–H groups in total. The van der Waals surface area contributed by atoms with E-state index in [4.69, 9.17) is 31.5 Å². The Hall–Kier alpha value is -2.66. The number of methoxy groups -OCH3 is 2. The van der Waals surface area contributed by atoms with Crippen molar-refractivity contribution in [3.05, 3.63) is 52.8 Å². The summed E-state index contributed by atoms with van der Waals surface area (Å²) in [5.41, 5.74) is 8.03. The summed E-state index contributed by atoms with van der Waals surface area (Å²) in [4.78, 5) is 4.43. The second-order valence-electron chi connectivity index (χ2n) is 5.21. The predicted octanol–water partition coefficient (Wildman–Crippen LogP) is 4.16. The molecule has 0 atom stereocenters. The molecule has 0 saturated carbocycles. The van der Waals surface area contributed by atoms with Gasteiger partial charge in [0, 0.05) is 24.8 Å². The number of allylic oxidation sites excluding steroid dienone is 2. The van der Waals surface area contributed by atoms with Crippen LogP contribution in [0, 0.1) is 0 Å². The zero-order valence-electron chi connectivity index (χ0n) is 13.4. The van der Waals surface area contributed by atoms with Gasteiger partial charge in [0.1, 0.15) is 11.5 Å². The Labute approximate surface area is 145 Å². The molecule has 1 aliphatic heterocycles. The van der Waals surface area contributed by atoms with Gasteiger partial charge in [-0.15, -0.1) is 0 Å². The highest BCUT2D eigenvalue weighted by atomic mass is 35.5. The lowest BCUT2D eigenvalue weighted by Crippen LogP contribution is -2.01. The first-order valence-corrected chi connectivity index (χ1v) is 7.69. The summed E-state index contributed by atoms with van der Waals surface area (Å²) in [6.45, 7) is 0. The third kappa shape index (κ3) is 3.31. The van der Waals surface area contributed by atoms with Gasteiger partial charge in [0.25, 0.3) is 0 Å². The minimum absolute atomic E-state index is 0.460. The number of nitrogens with two attached hydrogens (primary N) is 1. The highest BCUT2D eigenvalue weighted by molar-refractivity contribution is 6.33. The van der Waals surface area contributed by atoms with Gasteiger partial charge in [0.05, 0.1) is 30.6 Å². The van der Waals surface area contributed by atoms with E-state index in [2.05, 4.69) is 4.99 Å². The molecule has 0 bridgehead atoms. The Morgan fingerprint density at radius 2 is 1.83 bits per heavy atom. The average molecular weight is 345 g/mol. The van der Waals surface area contributed by atoms with Crippen LogP contribution in [-0.4, -0.2) is 20.4 Å². The second kappa shape index (κ2) is 6.84. The lowest BCUT2D eigenvalue weighted by atomic mass is 10.1. The number of hydrogen-bond donors (Lipinski definition) is 1. The fourth-order valence-electron chi connectivity index (χ4n) is 2.41. The van der Waals surface area contributed by atoms with E-state index in [1.54, 1.807) is 38.6 Å². The molecule has 5 nitrogen and oxygen atoms in total. The van der Waals surface area contributed by atoms with Crippen LogP contribution in [0.15, 0.2) is 47.2 Å². The van der Waals surface area contributed by atoms with Crippen LogP contribution < -0.4 is 19.9 Å². The maximum absolute atomic E-state index is 6.04. The summed E-state index contributed by atoms with van der Waals surface area (Å²) in [5.74, 6) is 2.66. The maximum atomic E-state index is 6.04. The SMILES string of the molecule is COc1cc2c(cc1OC)N=CC=C(Oc1ccc(N)c(Cl)c1)C2. The molecule has 2 aromatic carbocycles. The third-order valence-electron chi connectivity index (χ3n) is 3.64. The van der Waals surface area contributed by atoms with Gasteiger partial charge >= 0.3 is 0 Å². The van der Waals surface area contributed by atoms with E-state index in [0.717, 1.165) is 17.0 Å². The first kappa shape index (κ1) is 16.2. The van der Waals surface area contributed by atoms with Crippen LogP contribution in [0.1, 0.15) is 5.56 Å². The Morgan fingerprint density at radius 1 is 1.08 bits per heavy atom. The number of fused-ring (bicyclic) bond motifs is 1. The van der Waals surface area contributed by atoms with Gasteiger partial charge in [-0.25, -0.2) is 0 Å². The topological polar surface area (TPSA) is 66.1 Å². The van der Waals surface area contributed by atoms with E-state index in [1.165, 1.54) is 0 Å². The van der Waals surface area contributed by atoms with Crippen molar-refractivity contribution in [3.8, 4) is 17.2 Å². The van der Waals surface area contributed by atoms with Crippen molar-refractivity contribution in [1.82, 2.24) is 0 Å². The van der Waals surface area contributed by atoms with Crippen molar-refractivity contribution in [2.45, 2.75) is 6.42 Å². The fourth-order valence-corrected chi connectivity index (χ4v) is 2.58. The lowest BCUT2D eigenvalue weighted by Gasteiger charge is -2.13. The highest BCUT2D eigenvalue weighted by Gasteiger charge is 2.15. The van der Waals surface area contributed by atoms with Crippen LogP contribution in [0.25, 0.3) is 0 Å². The van der Waals surface area contributed by atoms with Gasteiger partial charge < -0.3 is 19.9 Å². The van der Waals surface area contributed by atoms with Gasteiger partial charge in [0.15, 0.2) is 11.5 Å². The van der Waals surface area contributed by atoms with E-state index in [0.29, 0.717) is 34.4 Å². The molecule has 1 heterocycles. The van der Waals surface area contributed by atoms with Gasteiger partial charge in [0.2, 0.25) is 0 Å². The lowest BCUT2D eigenvalue weighted by molar-refractivity contribution is 0.354. The first-order chi connectivity index (χ1) is 11.6. The Morgan fingerprint density at radius 3 is 2.54 bits per heavy atom. The van der Waals surface area contributed by atoms with Crippen molar-refractivity contribution in [2.24, 2.45) is 4.99 Å². The van der Waals surface area contributed by atoms with Crippen molar-refractivity contribution in [2.75, 3.05) is 20.0 Å². The number of benzene rings is 2. The van der Waals surface area contributed by atoms with Gasteiger partial charge in [-0.2, -0.15) is 0 Å². The molecule has 0 radical (unpaired) electrons. The van der Waals surface area contributed by atoms with Gasteiger partial charge in [-0.1, -0.05) is 11.6 Å². The number of ether oxygens (including phenoxy) is 3. The van der Waals surface area contributed by atoms with Crippen LogP contribution >= 0.6 is 11.6 Å². The molecular formula is C18H17ClN2O3. The molecule has 124 valence electrons. The summed E-state index contributed by atoms with van der Waals surface area (Å²) in [6, 6.07) is 8.94. The summed E-state index contributed by atoms with van der Waals surface area (Å²) in [6.07, 6.45) is 4.09. The third-order valence-corrected chi connectivity index (χ3v) is 3.97. The molecule has 0 aromatic heterocycles. The van der Waals surface area contributed by atoms with Crippen molar-refractivity contribution >= 4 is 29.2 Å². The molecular weight excluding hydrogens is 328 g/mol. The minimum Gasteiger partial charge on any atom is -0.493 e. The van der Waals surface area contributed by atoms with Crippen LogP contribution in [-0.2, 0) is 6.42 Å². The van der Waals surface area contributed by atoms with E-state index >= 15 is 0 Å². The largest absolute Gasteiger partial charge is 0.493 e. The number of anilines is 1. The number of nitrogen functional groups attached to an aromatic ring is 1. The molecule has 3 rings (SSSR count). The number of rotatable bonds is 4. The van der Waals surface area contributed by atoms with Crippen LogP contribution in [0.4, 0.5) is 11.4 Å². The van der Waals surface area contributed by atoms with Crippen molar-refractivity contribution < 1.29 is 14.2 Å². The molecule has 6 heteroatoms. The van der Waals surface area contributed by atoms with E-state index < -0.39 is 0 Å².